The van der Waals surface area contributed by atoms with Gasteiger partial charge in [0.2, 0.25) is 11.9 Å². The van der Waals surface area contributed by atoms with Gasteiger partial charge in [-0.15, -0.1) is 0 Å². The van der Waals surface area contributed by atoms with Crippen molar-refractivity contribution in [1.29, 1.82) is 0 Å². The second kappa shape index (κ2) is 5.76. The molecule has 0 spiro atoms. The third kappa shape index (κ3) is 3.46. The first-order valence-corrected chi connectivity index (χ1v) is 6.38. The van der Waals surface area contributed by atoms with E-state index >= 15 is 0 Å². The molecule has 3 nitrogen and oxygen atoms in total. The molecule has 0 bridgehead atoms. The zero-order chi connectivity index (χ0) is 14.8. The number of anilines is 1. The van der Waals surface area contributed by atoms with Gasteiger partial charge in [-0.1, -0.05) is 18.9 Å². The third-order valence-electron chi connectivity index (χ3n) is 3.49. The molecule has 0 radical (unpaired) electrons. The van der Waals surface area contributed by atoms with Gasteiger partial charge < -0.3 is 5.32 Å². The minimum Gasteiger partial charge on any atom is -0.310 e. The molecule has 2 atom stereocenters. The molecule has 1 heterocycles. The van der Waals surface area contributed by atoms with Crippen molar-refractivity contribution >= 4 is 11.7 Å². The van der Waals surface area contributed by atoms with E-state index in [2.05, 4.69) is 10.3 Å². The molecule has 1 fully saturated rings. The SMILES string of the molecule is O=C(Nc1cccc(F)n1)C1CCCCC1C(F)(F)F. The van der Waals surface area contributed by atoms with Crippen LogP contribution in [0.2, 0.25) is 0 Å². The van der Waals surface area contributed by atoms with E-state index in [0.29, 0.717) is 12.8 Å². The van der Waals surface area contributed by atoms with Crippen LogP contribution in [0.15, 0.2) is 18.2 Å². The van der Waals surface area contributed by atoms with Gasteiger partial charge in [-0.2, -0.15) is 17.6 Å². The Labute approximate surface area is 113 Å². The van der Waals surface area contributed by atoms with Crippen LogP contribution in [0.1, 0.15) is 25.7 Å². The van der Waals surface area contributed by atoms with Gasteiger partial charge in [0.15, 0.2) is 0 Å². The van der Waals surface area contributed by atoms with Crippen LogP contribution in [-0.4, -0.2) is 17.1 Å². The Kier molecular flexibility index (Phi) is 4.25. The average Bonchev–Trinajstić information content (AvgIpc) is 2.37. The van der Waals surface area contributed by atoms with Gasteiger partial charge in [0.05, 0.1) is 5.92 Å². The van der Waals surface area contributed by atoms with Crippen molar-refractivity contribution in [2.45, 2.75) is 31.9 Å². The Bertz CT molecular complexity index is 490. The van der Waals surface area contributed by atoms with Crippen molar-refractivity contribution in [3.05, 3.63) is 24.1 Å². The highest BCUT2D eigenvalue weighted by Crippen LogP contribution is 2.41. The van der Waals surface area contributed by atoms with Crippen LogP contribution in [0, 0.1) is 17.8 Å². The zero-order valence-corrected chi connectivity index (χ0v) is 10.6. The second-order valence-electron chi connectivity index (χ2n) is 4.87. The fraction of sp³-hybridized carbons (Fsp3) is 0.538. The van der Waals surface area contributed by atoms with E-state index in [9.17, 15) is 22.4 Å². The zero-order valence-electron chi connectivity index (χ0n) is 10.6. The smallest absolute Gasteiger partial charge is 0.310 e. The average molecular weight is 290 g/mol. The summed E-state index contributed by atoms with van der Waals surface area (Å²) >= 11 is 0. The molecule has 2 rings (SSSR count). The van der Waals surface area contributed by atoms with Crippen molar-refractivity contribution < 1.29 is 22.4 Å². The maximum atomic E-state index is 12.9. The molecule has 0 aliphatic heterocycles. The Morgan fingerprint density at radius 1 is 1.25 bits per heavy atom. The van der Waals surface area contributed by atoms with Crippen molar-refractivity contribution in [1.82, 2.24) is 4.98 Å². The second-order valence-corrected chi connectivity index (χ2v) is 4.87. The Morgan fingerprint density at radius 2 is 1.95 bits per heavy atom. The summed E-state index contributed by atoms with van der Waals surface area (Å²) in [4.78, 5) is 15.4. The van der Waals surface area contributed by atoms with Crippen LogP contribution >= 0.6 is 0 Å². The molecule has 7 heteroatoms. The topological polar surface area (TPSA) is 42.0 Å². The summed E-state index contributed by atoms with van der Waals surface area (Å²) in [6, 6.07) is 3.77. The number of alkyl halides is 3. The van der Waals surface area contributed by atoms with Crippen molar-refractivity contribution in [2.75, 3.05) is 5.32 Å². The number of halogens is 4. The van der Waals surface area contributed by atoms with Crippen LogP contribution < -0.4 is 5.32 Å². The quantitative estimate of drug-likeness (QED) is 0.669. The summed E-state index contributed by atoms with van der Waals surface area (Å²) in [6.45, 7) is 0. The number of aromatic nitrogens is 1. The largest absolute Gasteiger partial charge is 0.392 e. The fourth-order valence-corrected chi connectivity index (χ4v) is 2.53. The first kappa shape index (κ1) is 14.7. The van der Waals surface area contributed by atoms with Crippen LogP contribution in [0.4, 0.5) is 23.4 Å². The molecule has 20 heavy (non-hydrogen) atoms. The van der Waals surface area contributed by atoms with Crippen LogP contribution in [-0.2, 0) is 4.79 Å². The van der Waals surface area contributed by atoms with Gasteiger partial charge >= 0.3 is 6.18 Å². The Hall–Kier alpha value is -1.66. The van der Waals surface area contributed by atoms with E-state index < -0.39 is 29.9 Å². The lowest BCUT2D eigenvalue weighted by Crippen LogP contribution is -2.39. The summed E-state index contributed by atoms with van der Waals surface area (Å²) in [5.74, 6) is -4.37. The lowest BCUT2D eigenvalue weighted by Gasteiger charge is -2.31. The van der Waals surface area contributed by atoms with Gasteiger partial charge in [-0.25, -0.2) is 4.98 Å². The van der Waals surface area contributed by atoms with Crippen molar-refractivity contribution in [2.24, 2.45) is 11.8 Å². The number of hydrogen-bond acceptors (Lipinski definition) is 2. The highest BCUT2D eigenvalue weighted by atomic mass is 19.4. The number of hydrogen-bond donors (Lipinski definition) is 1. The predicted molar refractivity (Wildman–Crippen MR) is 64.3 cm³/mol. The molecule has 1 aliphatic rings. The maximum Gasteiger partial charge on any atom is 0.392 e. The summed E-state index contributed by atoms with van der Waals surface area (Å²) < 4.78 is 51.6. The summed E-state index contributed by atoms with van der Waals surface area (Å²) in [6.07, 6.45) is -3.20. The van der Waals surface area contributed by atoms with Gasteiger partial charge in [-0.3, -0.25) is 4.79 Å². The molecule has 0 saturated heterocycles. The summed E-state index contributed by atoms with van der Waals surface area (Å²) in [7, 11) is 0. The number of amides is 1. The number of carbonyl (C=O) groups excluding carboxylic acids is 1. The van der Waals surface area contributed by atoms with Gasteiger partial charge in [-0.05, 0) is 25.0 Å². The van der Waals surface area contributed by atoms with Crippen LogP contribution in [0.5, 0.6) is 0 Å². The normalized spacial score (nSPS) is 23.4. The molecule has 1 N–H and O–H groups in total. The molecule has 1 aliphatic carbocycles. The highest BCUT2D eigenvalue weighted by Gasteiger charge is 2.48. The lowest BCUT2D eigenvalue weighted by molar-refractivity contribution is -0.197. The van der Waals surface area contributed by atoms with E-state index in [1.54, 1.807) is 0 Å². The molecule has 1 amide bonds. The molecule has 2 unspecified atom stereocenters. The number of rotatable bonds is 2. The first-order chi connectivity index (χ1) is 9.38. The van der Waals surface area contributed by atoms with Gasteiger partial charge in [0, 0.05) is 5.92 Å². The first-order valence-electron chi connectivity index (χ1n) is 6.38. The minimum atomic E-state index is -4.39. The van der Waals surface area contributed by atoms with Crippen molar-refractivity contribution in [3.63, 3.8) is 0 Å². The van der Waals surface area contributed by atoms with Crippen molar-refractivity contribution in [3.8, 4) is 0 Å². The third-order valence-corrected chi connectivity index (χ3v) is 3.49. The number of pyridine rings is 1. The molecular weight excluding hydrogens is 276 g/mol. The number of nitrogens with zero attached hydrogens (tertiary/aromatic N) is 1. The Balaban J connectivity index is 2.10. The number of carbonyl (C=O) groups is 1. The van der Waals surface area contributed by atoms with E-state index in [4.69, 9.17) is 0 Å². The lowest BCUT2D eigenvalue weighted by atomic mass is 9.78. The van der Waals surface area contributed by atoms with Gasteiger partial charge in [0.1, 0.15) is 5.82 Å². The van der Waals surface area contributed by atoms with E-state index in [-0.39, 0.29) is 18.7 Å². The van der Waals surface area contributed by atoms with E-state index in [1.807, 2.05) is 0 Å². The number of nitrogens with one attached hydrogen (secondary N) is 1. The molecule has 1 aromatic heterocycles. The highest BCUT2D eigenvalue weighted by molar-refractivity contribution is 5.91. The fourth-order valence-electron chi connectivity index (χ4n) is 2.53. The summed E-state index contributed by atoms with van der Waals surface area (Å²) in [5, 5.41) is 2.26. The van der Waals surface area contributed by atoms with E-state index in [1.165, 1.54) is 12.1 Å². The Morgan fingerprint density at radius 3 is 2.60 bits per heavy atom. The minimum absolute atomic E-state index is 0.0435. The molecule has 0 aromatic carbocycles. The van der Waals surface area contributed by atoms with Gasteiger partial charge in [0.25, 0.3) is 0 Å². The standard InChI is InChI=1S/C13H14F4N2O/c14-10-6-3-7-11(18-10)19-12(20)8-4-1-2-5-9(8)13(15,16)17/h3,6-9H,1-2,4-5H2,(H,18,19,20). The van der Waals surface area contributed by atoms with E-state index in [0.717, 1.165) is 6.07 Å². The maximum absolute atomic E-state index is 12.9. The van der Waals surface area contributed by atoms with Crippen LogP contribution in [0.3, 0.4) is 0 Å². The summed E-state index contributed by atoms with van der Waals surface area (Å²) in [5.41, 5.74) is 0. The van der Waals surface area contributed by atoms with Crippen LogP contribution in [0.25, 0.3) is 0 Å². The molecule has 1 saturated carbocycles. The molecule has 110 valence electrons. The molecular formula is C13H14F4N2O. The monoisotopic (exact) mass is 290 g/mol. The predicted octanol–water partition coefficient (Wildman–Crippen LogP) is 3.53. The molecule has 1 aromatic rings.